The van der Waals surface area contributed by atoms with Gasteiger partial charge in [-0.25, -0.2) is 9.59 Å². The summed E-state index contributed by atoms with van der Waals surface area (Å²) >= 11 is 0. The van der Waals surface area contributed by atoms with Crippen molar-refractivity contribution in [3.8, 4) is 0 Å². The first kappa shape index (κ1) is 20.0. The number of ether oxygens (including phenoxy) is 3. The molecule has 2 N–H and O–H groups in total. The van der Waals surface area contributed by atoms with E-state index in [0.717, 1.165) is 11.1 Å². The zero-order valence-corrected chi connectivity index (χ0v) is 15.3. The Morgan fingerprint density at radius 3 is 2.14 bits per heavy atom. The molecular weight excluding hydrogens is 362 g/mol. The predicted octanol–water partition coefficient (Wildman–Crippen LogP) is 1.19. The van der Waals surface area contributed by atoms with E-state index >= 15 is 0 Å². The third kappa shape index (κ3) is 6.16. The number of aliphatic hydroxyl groups is 1. The van der Waals surface area contributed by atoms with Crippen LogP contribution in [0.2, 0.25) is 0 Å². The van der Waals surface area contributed by atoms with Crippen LogP contribution >= 0.6 is 0 Å². The second-order valence-corrected chi connectivity index (χ2v) is 6.46. The Hall–Kier alpha value is -2.74. The molecule has 0 aliphatic carbocycles. The number of esters is 2. The SMILES string of the molecule is O=C(OCc1ccccc1)C(O)CNCC1OC1C(=O)OCc1ccccc1. The van der Waals surface area contributed by atoms with E-state index in [4.69, 9.17) is 14.2 Å². The monoisotopic (exact) mass is 385 g/mol. The number of carbonyl (C=O) groups excluding carboxylic acids is 2. The van der Waals surface area contributed by atoms with Crippen LogP contribution in [0.1, 0.15) is 11.1 Å². The molecule has 3 atom stereocenters. The van der Waals surface area contributed by atoms with E-state index in [1.165, 1.54) is 0 Å². The van der Waals surface area contributed by atoms with Crippen molar-refractivity contribution in [3.05, 3.63) is 71.8 Å². The van der Waals surface area contributed by atoms with Gasteiger partial charge in [0.1, 0.15) is 19.3 Å². The lowest BCUT2D eigenvalue weighted by Gasteiger charge is -2.11. The molecule has 0 radical (unpaired) electrons. The van der Waals surface area contributed by atoms with Gasteiger partial charge in [0, 0.05) is 13.1 Å². The fourth-order valence-electron chi connectivity index (χ4n) is 2.59. The van der Waals surface area contributed by atoms with Crippen LogP contribution in [0.5, 0.6) is 0 Å². The van der Waals surface area contributed by atoms with Crippen molar-refractivity contribution in [2.24, 2.45) is 0 Å². The van der Waals surface area contributed by atoms with Crippen LogP contribution in [0.25, 0.3) is 0 Å². The van der Waals surface area contributed by atoms with Crippen LogP contribution in [0.3, 0.4) is 0 Å². The van der Waals surface area contributed by atoms with Gasteiger partial charge in [-0.3, -0.25) is 0 Å². The summed E-state index contributed by atoms with van der Waals surface area (Å²) in [6, 6.07) is 18.6. The van der Waals surface area contributed by atoms with Gasteiger partial charge in [0.15, 0.2) is 12.2 Å². The molecule has 1 aliphatic rings. The first-order valence-electron chi connectivity index (χ1n) is 9.09. The van der Waals surface area contributed by atoms with Crippen molar-refractivity contribution in [2.45, 2.75) is 31.5 Å². The quantitative estimate of drug-likeness (QED) is 0.468. The van der Waals surface area contributed by atoms with Gasteiger partial charge in [0.2, 0.25) is 0 Å². The third-order valence-corrected chi connectivity index (χ3v) is 4.22. The Kier molecular flexibility index (Phi) is 7.13. The predicted molar refractivity (Wildman–Crippen MR) is 100 cm³/mol. The van der Waals surface area contributed by atoms with Crippen molar-refractivity contribution in [1.82, 2.24) is 5.32 Å². The highest BCUT2D eigenvalue weighted by Gasteiger charge is 2.46. The fraction of sp³-hybridized carbons (Fsp3) is 0.333. The Morgan fingerprint density at radius 2 is 1.54 bits per heavy atom. The summed E-state index contributed by atoms with van der Waals surface area (Å²) in [5, 5.41) is 12.7. The van der Waals surface area contributed by atoms with Crippen molar-refractivity contribution in [2.75, 3.05) is 13.1 Å². The normalized spacial score (nSPS) is 18.9. The lowest BCUT2D eigenvalue weighted by molar-refractivity contribution is -0.154. The van der Waals surface area contributed by atoms with Gasteiger partial charge in [-0.15, -0.1) is 0 Å². The minimum Gasteiger partial charge on any atom is -0.459 e. The van der Waals surface area contributed by atoms with Gasteiger partial charge in [-0.05, 0) is 11.1 Å². The van der Waals surface area contributed by atoms with Gasteiger partial charge in [0.05, 0.1) is 0 Å². The Morgan fingerprint density at radius 1 is 0.964 bits per heavy atom. The maximum atomic E-state index is 11.9. The molecule has 2 aromatic rings. The number of hydrogen-bond donors (Lipinski definition) is 2. The summed E-state index contributed by atoms with van der Waals surface area (Å²) in [6.07, 6.45) is -2.22. The van der Waals surface area contributed by atoms with E-state index in [0.29, 0.717) is 6.54 Å². The maximum absolute atomic E-state index is 11.9. The molecule has 3 unspecified atom stereocenters. The van der Waals surface area contributed by atoms with Gasteiger partial charge >= 0.3 is 11.9 Å². The van der Waals surface area contributed by atoms with E-state index in [2.05, 4.69) is 5.32 Å². The number of carbonyl (C=O) groups is 2. The van der Waals surface area contributed by atoms with Crippen LogP contribution in [0.4, 0.5) is 0 Å². The number of rotatable bonds is 10. The first-order valence-corrected chi connectivity index (χ1v) is 9.09. The van der Waals surface area contributed by atoms with Crippen LogP contribution in [-0.4, -0.2) is 48.4 Å². The lowest BCUT2D eigenvalue weighted by atomic mass is 10.2. The Labute approximate surface area is 163 Å². The van der Waals surface area contributed by atoms with E-state index < -0.39 is 24.1 Å². The molecule has 0 aromatic heterocycles. The molecule has 28 heavy (non-hydrogen) atoms. The van der Waals surface area contributed by atoms with Crippen molar-refractivity contribution in [3.63, 3.8) is 0 Å². The summed E-state index contributed by atoms with van der Waals surface area (Å²) in [5.74, 6) is -1.12. The highest BCUT2D eigenvalue weighted by atomic mass is 16.6. The standard InChI is InChI=1S/C21H23NO6/c23-17(20(24)26-13-15-7-3-1-4-8-15)11-22-12-18-19(28-18)21(25)27-14-16-9-5-2-6-10-16/h1-10,17-19,22-23H,11-14H2. The lowest BCUT2D eigenvalue weighted by Crippen LogP contribution is -2.36. The van der Waals surface area contributed by atoms with Crippen LogP contribution in [0.15, 0.2) is 60.7 Å². The number of nitrogens with one attached hydrogen (secondary N) is 1. The molecule has 1 heterocycles. The highest BCUT2D eigenvalue weighted by molar-refractivity contribution is 5.78. The largest absolute Gasteiger partial charge is 0.459 e. The number of aliphatic hydroxyl groups excluding tert-OH is 1. The highest BCUT2D eigenvalue weighted by Crippen LogP contribution is 2.23. The summed E-state index contributed by atoms with van der Waals surface area (Å²) < 4.78 is 15.5. The molecule has 1 saturated heterocycles. The molecule has 1 fully saturated rings. The molecule has 1 aliphatic heterocycles. The van der Waals surface area contributed by atoms with E-state index in [1.807, 2.05) is 60.7 Å². The van der Waals surface area contributed by atoms with Crippen molar-refractivity contribution >= 4 is 11.9 Å². The average Bonchev–Trinajstić information content (AvgIpc) is 3.51. The number of benzene rings is 2. The third-order valence-electron chi connectivity index (χ3n) is 4.22. The molecule has 7 nitrogen and oxygen atoms in total. The Balaban J connectivity index is 1.28. The van der Waals surface area contributed by atoms with Crippen LogP contribution < -0.4 is 5.32 Å². The second kappa shape index (κ2) is 9.98. The minimum absolute atomic E-state index is 0.0132. The molecule has 148 valence electrons. The summed E-state index contributed by atoms with van der Waals surface area (Å²) in [4.78, 5) is 23.7. The maximum Gasteiger partial charge on any atom is 0.338 e. The molecule has 0 amide bonds. The molecule has 0 saturated carbocycles. The van der Waals surface area contributed by atoms with Crippen LogP contribution in [0, 0.1) is 0 Å². The number of hydrogen-bond acceptors (Lipinski definition) is 7. The molecule has 7 heteroatoms. The number of epoxide rings is 1. The molecule has 0 bridgehead atoms. The summed E-state index contributed by atoms with van der Waals surface area (Å²) in [5.41, 5.74) is 1.75. The Bertz CT molecular complexity index is 767. The molecule has 2 aromatic carbocycles. The molecule has 0 spiro atoms. The van der Waals surface area contributed by atoms with Gasteiger partial charge in [-0.2, -0.15) is 0 Å². The van der Waals surface area contributed by atoms with E-state index in [-0.39, 0.29) is 25.9 Å². The fourth-order valence-corrected chi connectivity index (χ4v) is 2.59. The zero-order chi connectivity index (χ0) is 19.8. The molecular formula is C21H23NO6. The topological polar surface area (TPSA) is 97.4 Å². The summed E-state index contributed by atoms with van der Waals surface area (Å²) in [7, 11) is 0. The van der Waals surface area contributed by atoms with Crippen LogP contribution in [-0.2, 0) is 37.0 Å². The van der Waals surface area contributed by atoms with Crippen molar-refractivity contribution < 1.29 is 28.9 Å². The van der Waals surface area contributed by atoms with Gasteiger partial charge in [0.25, 0.3) is 0 Å². The average molecular weight is 385 g/mol. The smallest absolute Gasteiger partial charge is 0.338 e. The van der Waals surface area contributed by atoms with E-state index in [1.54, 1.807) is 0 Å². The first-order chi connectivity index (χ1) is 13.6. The molecule has 3 rings (SSSR count). The zero-order valence-electron chi connectivity index (χ0n) is 15.3. The van der Waals surface area contributed by atoms with Crippen molar-refractivity contribution in [1.29, 1.82) is 0 Å². The van der Waals surface area contributed by atoms with Gasteiger partial charge < -0.3 is 24.6 Å². The summed E-state index contributed by atoms with van der Waals surface area (Å²) in [6.45, 7) is 0.650. The van der Waals surface area contributed by atoms with Gasteiger partial charge in [-0.1, -0.05) is 60.7 Å². The second-order valence-electron chi connectivity index (χ2n) is 6.46. The van der Waals surface area contributed by atoms with E-state index in [9.17, 15) is 14.7 Å². The minimum atomic E-state index is -1.29.